The number of rotatable bonds is 4. The molecule has 0 saturated heterocycles. The average molecular weight is 419 g/mol. The van der Waals surface area contributed by atoms with Crippen LogP contribution in [0.1, 0.15) is 5.01 Å². The fraction of sp³-hybridized carbons (Fsp3) is 0.0476. The normalized spacial score (nSPS) is 10.4. The molecule has 0 unspecified atom stereocenters. The Labute approximate surface area is 175 Å². The Morgan fingerprint density at radius 3 is 2.87 bits per heavy atom. The van der Waals surface area contributed by atoms with Crippen molar-refractivity contribution in [2.24, 2.45) is 0 Å². The number of aromatic nitrogens is 3. The first kappa shape index (κ1) is 19.3. The zero-order valence-corrected chi connectivity index (χ0v) is 16.5. The second-order valence-electron chi connectivity index (χ2n) is 6.03. The summed E-state index contributed by atoms with van der Waals surface area (Å²) in [5.41, 5.74) is 1.46. The standard InChI is InChI=1S/C21H14FN5O2S/c1-3-18-25-17(10-30-18)26-21(28)27-20-13-8-7-12(9-15(13)23-11-24-20)19-14(22)5-4-6-16(19)29-2/h1,4-11H,2H3,(H2,23,24,26,27,28). The molecule has 2 aromatic heterocycles. The third-order valence-electron chi connectivity index (χ3n) is 4.22. The predicted octanol–water partition coefficient (Wildman–Crippen LogP) is 4.53. The van der Waals surface area contributed by atoms with Crippen LogP contribution in [0.3, 0.4) is 0 Å². The van der Waals surface area contributed by atoms with E-state index >= 15 is 0 Å². The van der Waals surface area contributed by atoms with Gasteiger partial charge in [0.15, 0.2) is 5.01 Å². The SMILES string of the molecule is C#Cc1nc(NC(=O)Nc2ncnc3cc(-c4c(F)cccc4OC)ccc23)cs1. The summed E-state index contributed by atoms with van der Waals surface area (Å²) in [6.07, 6.45) is 6.60. The number of carbonyl (C=O) groups is 1. The molecule has 0 aliphatic rings. The van der Waals surface area contributed by atoms with Gasteiger partial charge in [0.25, 0.3) is 0 Å². The van der Waals surface area contributed by atoms with Gasteiger partial charge in [0.05, 0.1) is 18.2 Å². The molecule has 7 nitrogen and oxygen atoms in total. The Morgan fingerprint density at radius 2 is 2.10 bits per heavy atom. The van der Waals surface area contributed by atoms with E-state index in [2.05, 4.69) is 31.5 Å². The number of ether oxygens (including phenoxy) is 1. The molecule has 4 rings (SSSR count). The Morgan fingerprint density at radius 1 is 1.23 bits per heavy atom. The number of methoxy groups -OCH3 is 1. The highest BCUT2D eigenvalue weighted by molar-refractivity contribution is 7.10. The lowest BCUT2D eigenvalue weighted by atomic mass is 10.0. The minimum Gasteiger partial charge on any atom is -0.496 e. The number of carbonyl (C=O) groups excluding carboxylic acids is 1. The first-order valence-electron chi connectivity index (χ1n) is 8.67. The molecule has 2 N–H and O–H groups in total. The van der Waals surface area contributed by atoms with E-state index in [4.69, 9.17) is 11.2 Å². The van der Waals surface area contributed by atoms with Crippen molar-refractivity contribution in [1.82, 2.24) is 15.0 Å². The van der Waals surface area contributed by atoms with Crippen molar-refractivity contribution in [2.75, 3.05) is 17.7 Å². The molecule has 0 radical (unpaired) electrons. The van der Waals surface area contributed by atoms with E-state index in [1.165, 1.54) is 30.8 Å². The van der Waals surface area contributed by atoms with E-state index in [0.717, 1.165) is 0 Å². The number of nitrogens with one attached hydrogen (secondary N) is 2. The van der Waals surface area contributed by atoms with Crippen LogP contribution in [0.2, 0.25) is 0 Å². The van der Waals surface area contributed by atoms with Gasteiger partial charge >= 0.3 is 6.03 Å². The van der Waals surface area contributed by atoms with E-state index < -0.39 is 11.8 Å². The molecule has 0 fully saturated rings. The van der Waals surface area contributed by atoms with Gasteiger partial charge in [-0.2, -0.15) is 0 Å². The molecular weight excluding hydrogens is 405 g/mol. The third-order valence-corrected chi connectivity index (χ3v) is 5.00. The number of terminal acetylenes is 1. The minimum absolute atomic E-state index is 0.303. The van der Waals surface area contributed by atoms with Crippen LogP contribution in [0, 0.1) is 18.2 Å². The Kier molecular flexibility index (Phi) is 5.24. The van der Waals surface area contributed by atoms with Gasteiger partial charge < -0.3 is 4.74 Å². The molecule has 4 aromatic rings. The molecule has 0 bridgehead atoms. The van der Waals surface area contributed by atoms with Crippen molar-refractivity contribution in [3.8, 4) is 29.2 Å². The van der Waals surface area contributed by atoms with E-state index in [9.17, 15) is 9.18 Å². The van der Waals surface area contributed by atoms with Crippen LogP contribution in [0.5, 0.6) is 5.75 Å². The summed E-state index contributed by atoms with van der Waals surface area (Å²) in [5.74, 6) is 3.06. The number of halogens is 1. The van der Waals surface area contributed by atoms with Crippen molar-refractivity contribution >= 4 is 39.9 Å². The number of benzene rings is 2. The summed E-state index contributed by atoms with van der Waals surface area (Å²) in [4.78, 5) is 24.7. The van der Waals surface area contributed by atoms with Gasteiger partial charge in [-0.25, -0.2) is 24.1 Å². The molecule has 2 heterocycles. The molecule has 0 atom stereocenters. The van der Waals surface area contributed by atoms with Gasteiger partial charge in [0, 0.05) is 10.8 Å². The lowest BCUT2D eigenvalue weighted by molar-refractivity contribution is 0.262. The molecule has 0 aliphatic carbocycles. The first-order chi connectivity index (χ1) is 14.6. The second kappa shape index (κ2) is 8.14. The summed E-state index contributed by atoms with van der Waals surface area (Å²) in [6.45, 7) is 0. The van der Waals surface area contributed by atoms with Crippen LogP contribution in [0.25, 0.3) is 22.0 Å². The summed E-state index contributed by atoms with van der Waals surface area (Å²) in [7, 11) is 1.48. The topological polar surface area (TPSA) is 89.0 Å². The number of amides is 2. The van der Waals surface area contributed by atoms with E-state index in [0.29, 0.717) is 44.4 Å². The number of anilines is 2. The van der Waals surface area contributed by atoms with Crippen LogP contribution in [0.15, 0.2) is 48.1 Å². The molecule has 148 valence electrons. The average Bonchev–Trinajstić information content (AvgIpc) is 3.20. The highest BCUT2D eigenvalue weighted by Crippen LogP contribution is 2.34. The van der Waals surface area contributed by atoms with Gasteiger partial charge in [-0.3, -0.25) is 10.6 Å². The maximum Gasteiger partial charge on any atom is 0.326 e. The van der Waals surface area contributed by atoms with Crippen LogP contribution in [-0.2, 0) is 0 Å². The van der Waals surface area contributed by atoms with E-state index in [1.54, 1.807) is 35.7 Å². The molecule has 9 heteroatoms. The monoisotopic (exact) mass is 419 g/mol. The van der Waals surface area contributed by atoms with Crippen LogP contribution < -0.4 is 15.4 Å². The van der Waals surface area contributed by atoms with Crippen molar-refractivity contribution in [2.45, 2.75) is 0 Å². The Hall–Kier alpha value is -4.03. The van der Waals surface area contributed by atoms with E-state index in [1.807, 2.05) is 0 Å². The van der Waals surface area contributed by atoms with Crippen molar-refractivity contribution in [3.63, 3.8) is 0 Å². The molecule has 2 amide bonds. The molecule has 0 aliphatic heterocycles. The quantitative estimate of drug-likeness (QED) is 0.475. The van der Waals surface area contributed by atoms with Crippen molar-refractivity contribution in [3.05, 3.63) is 58.9 Å². The first-order valence-corrected chi connectivity index (χ1v) is 9.55. The van der Waals surface area contributed by atoms with Crippen LogP contribution in [-0.4, -0.2) is 28.1 Å². The lowest BCUT2D eigenvalue weighted by Crippen LogP contribution is -2.20. The third kappa shape index (κ3) is 3.76. The fourth-order valence-electron chi connectivity index (χ4n) is 2.92. The van der Waals surface area contributed by atoms with Crippen LogP contribution >= 0.6 is 11.3 Å². The Balaban J connectivity index is 1.64. The van der Waals surface area contributed by atoms with Gasteiger partial charge in [-0.15, -0.1) is 17.8 Å². The summed E-state index contributed by atoms with van der Waals surface area (Å²) in [6, 6.07) is 9.24. The lowest BCUT2D eigenvalue weighted by Gasteiger charge is -2.11. The molecule has 0 saturated carbocycles. The maximum absolute atomic E-state index is 14.4. The number of urea groups is 1. The predicted molar refractivity (Wildman–Crippen MR) is 114 cm³/mol. The number of thiazole rings is 1. The molecule has 0 spiro atoms. The second-order valence-corrected chi connectivity index (χ2v) is 6.89. The van der Waals surface area contributed by atoms with Gasteiger partial charge in [-0.1, -0.05) is 12.1 Å². The Bertz CT molecular complexity index is 1300. The molecular formula is C21H14FN5O2S. The minimum atomic E-state index is -0.524. The van der Waals surface area contributed by atoms with Crippen LogP contribution in [0.4, 0.5) is 20.8 Å². The van der Waals surface area contributed by atoms with Gasteiger partial charge in [-0.05, 0) is 35.7 Å². The smallest absolute Gasteiger partial charge is 0.326 e. The molecule has 30 heavy (non-hydrogen) atoms. The largest absolute Gasteiger partial charge is 0.496 e. The zero-order valence-electron chi connectivity index (χ0n) is 15.6. The van der Waals surface area contributed by atoms with Crippen molar-refractivity contribution < 1.29 is 13.9 Å². The number of fused-ring (bicyclic) bond motifs is 1. The summed E-state index contributed by atoms with van der Waals surface area (Å²) in [5, 5.41) is 7.96. The zero-order chi connectivity index (χ0) is 21.1. The van der Waals surface area contributed by atoms with Gasteiger partial charge in [0.2, 0.25) is 0 Å². The highest BCUT2D eigenvalue weighted by atomic mass is 32.1. The van der Waals surface area contributed by atoms with E-state index in [-0.39, 0.29) is 0 Å². The molecule has 2 aromatic carbocycles. The fourth-order valence-corrected chi connectivity index (χ4v) is 3.47. The summed E-state index contributed by atoms with van der Waals surface area (Å²) < 4.78 is 19.7. The maximum atomic E-state index is 14.4. The summed E-state index contributed by atoms with van der Waals surface area (Å²) >= 11 is 1.25. The van der Waals surface area contributed by atoms with Crippen molar-refractivity contribution in [1.29, 1.82) is 0 Å². The highest BCUT2D eigenvalue weighted by Gasteiger charge is 2.14. The number of nitrogens with zero attached hydrogens (tertiary/aromatic N) is 3. The van der Waals surface area contributed by atoms with Gasteiger partial charge in [0.1, 0.15) is 29.5 Å². The number of hydrogen-bond acceptors (Lipinski definition) is 6. The number of hydrogen-bond donors (Lipinski definition) is 2.